The summed E-state index contributed by atoms with van der Waals surface area (Å²) in [6.07, 6.45) is 4.50. The molecule has 3 nitrogen and oxygen atoms in total. The fourth-order valence-electron chi connectivity index (χ4n) is 2.15. The minimum Gasteiger partial charge on any atom is -0.495 e. The second kappa shape index (κ2) is 3.99. The van der Waals surface area contributed by atoms with Gasteiger partial charge in [-0.1, -0.05) is 0 Å². The summed E-state index contributed by atoms with van der Waals surface area (Å²) < 4.78 is 11.6. The molecule has 1 heterocycles. The number of esters is 1. The van der Waals surface area contributed by atoms with Gasteiger partial charge in [0, 0.05) is 6.07 Å². The van der Waals surface area contributed by atoms with Crippen LogP contribution in [-0.4, -0.2) is 18.7 Å². The molecule has 0 aliphatic heterocycles. The highest BCUT2D eigenvalue weighted by Crippen LogP contribution is 2.56. The number of rotatable bonds is 4. The average Bonchev–Trinajstić information content (AvgIpc) is 3.17. The molecule has 2 saturated carbocycles. The number of ether oxygens (including phenoxy) is 2. The van der Waals surface area contributed by atoms with Gasteiger partial charge in [-0.05, 0) is 47.5 Å². The van der Waals surface area contributed by atoms with Crippen molar-refractivity contribution in [3.05, 3.63) is 14.7 Å². The molecule has 0 bridgehead atoms. The zero-order valence-electron chi connectivity index (χ0n) is 9.49. The summed E-state index contributed by atoms with van der Waals surface area (Å²) in [5.74, 6) is 1.11. The standard InChI is InChI=1S/C12H13BrO3S/c1-15-8-6-9(17-10(8)13)11(14)16-12(4-5-12)7-2-3-7/h6-7H,2-5H2,1H3. The summed E-state index contributed by atoms with van der Waals surface area (Å²) in [5.41, 5.74) is -0.110. The number of hydrogen-bond donors (Lipinski definition) is 0. The zero-order chi connectivity index (χ0) is 12.0. The molecule has 0 amide bonds. The Morgan fingerprint density at radius 3 is 2.71 bits per heavy atom. The van der Waals surface area contributed by atoms with Crippen molar-refractivity contribution in [2.24, 2.45) is 5.92 Å². The van der Waals surface area contributed by atoms with Crippen molar-refractivity contribution in [3.63, 3.8) is 0 Å². The lowest BCUT2D eigenvalue weighted by atomic mass is 10.2. The number of thiophene rings is 1. The molecule has 0 N–H and O–H groups in total. The van der Waals surface area contributed by atoms with E-state index in [4.69, 9.17) is 9.47 Å². The van der Waals surface area contributed by atoms with Crippen molar-refractivity contribution in [2.45, 2.75) is 31.3 Å². The fourth-order valence-corrected chi connectivity index (χ4v) is 3.68. The fraction of sp³-hybridized carbons (Fsp3) is 0.583. The van der Waals surface area contributed by atoms with Gasteiger partial charge in [0.05, 0.1) is 7.11 Å². The average molecular weight is 317 g/mol. The second-order valence-corrected chi connectivity index (χ2v) is 7.05. The van der Waals surface area contributed by atoms with E-state index in [1.807, 2.05) is 0 Å². The normalized spacial score (nSPS) is 21.1. The molecule has 0 spiro atoms. The smallest absolute Gasteiger partial charge is 0.349 e. The number of methoxy groups -OCH3 is 1. The predicted molar refractivity (Wildman–Crippen MR) is 68.7 cm³/mol. The van der Waals surface area contributed by atoms with Gasteiger partial charge in [0.15, 0.2) is 0 Å². The molecule has 0 saturated heterocycles. The van der Waals surface area contributed by atoms with Crippen LogP contribution in [0.1, 0.15) is 35.4 Å². The van der Waals surface area contributed by atoms with E-state index in [0.717, 1.165) is 16.6 Å². The summed E-state index contributed by atoms with van der Waals surface area (Å²) in [7, 11) is 1.59. The van der Waals surface area contributed by atoms with Crippen LogP contribution >= 0.6 is 27.3 Å². The van der Waals surface area contributed by atoms with Crippen LogP contribution in [0.15, 0.2) is 9.85 Å². The first-order valence-electron chi connectivity index (χ1n) is 5.71. The molecule has 0 atom stereocenters. The largest absolute Gasteiger partial charge is 0.495 e. The highest BCUT2D eigenvalue weighted by molar-refractivity contribution is 9.11. The summed E-state index contributed by atoms with van der Waals surface area (Å²) in [6, 6.07) is 1.74. The third kappa shape index (κ3) is 2.10. The van der Waals surface area contributed by atoms with Gasteiger partial charge in [-0.25, -0.2) is 4.79 Å². The molecule has 0 aromatic carbocycles. The van der Waals surface area contributed by atoms with Crippen LogP contribution in [0.5, 0.6) is 5.75 Å². The van der Waals surface area contributed by atoms with E-state index >= 15 is 0 Å². The van der Waals surface area contributed by atoms with E-state index < -0.39 is 0 Å². The summed E-state index contributed by atoms with van der Waals surface area (Å²) in [5, 5.41) is 0. The molecule has 5 heteroatoms. The van der Waals surface area contributed by atoms with E-state index in [-0.39, 0.29) is 11.6 Å². The number of carbonyl (C=O) groups excluding carboxylic acids is 1. The summed E-state index contributed by atoms with van der Waals surface area (Å²) in [4.78, 5) is 12.6. The molecule has 17 heavy (non-hydrogen) atoms. The van der Waals surface area contributed by atoms with Crippen LogP contribution in [0.2, 0.25) is 0 Å². The lowest BCUT2D eigenvalue weighted by Crippen LogP contribution is -2.21. The summed E-state index contributed by atoms with van der Waals surface area (Å²) in [6.45, 7) is 0. The monoisotopic (exact) mass is 316 g/mol. The molecule has 2 aliphatic carbocycles. The molecule has 3 rings (SSSR count). The molecule has 2 fully saturated rings. The van der Waals surface area contributed by atoms with Gasteiger partial charge < -0.3 is 9.47 Å². The Balaban J connectivity index is 1.73. The molecule has 2 aliphatic rings. The van der Waals surface area contributed by atoms with Crippen molar-refractivity contribution in [1.29, 1.82) is 0 Å². The number of carbonyl (C=O) groups is 1. The van der Waals surface area contributed by atoms with Crippen LogP contribution in [0.3, 0.4) is 0 Å². The van der Waals surface area contributed by atoms with Crippen LogP contribution in [0.4, 0.5) is 0 Å². The van der Waals surface area contributed by atoms with Gasteiger partial charge >= 0.3 is 5.97 Å². The SMILES string of the molecule is COc1cc(C(=O)OC2(C3CC3)CC2)sc1Br. The Morgan fingerprint density at radius 2 is 2.24 bits per heavy atom. The minimum atomic E-state index is -0.205. The van der Waals surface area contributed by atoms with Crippen LogP contribution in [0.25, 0.3) is 0 Å². The van der Waals surface area contributed by atoms with Crippen LogP contribution < -0.4 is 4.74 Å². The molecule has 1 aromatic heterocycles. The van der Waals surface area contributed by atoms with E-state index in [2.05, 4.69) is 15.9 Å². The first kappa shape index (κ1) is 11.5. The zero-order valence-corrected chi connectivity index (χ0v) is 11.9. The van der Waals surface area contributed by atoms with Gasteiger partial charge in [0.25, 0.3) is 0 Å². The topological polar surface area (TPSA) is 35.5 Å². The molecule has 92 valence electrons. The Kier molecular flexibility index (Phi) is 2.70. The first-order chi connectivity index (χ1) is 8.14. The van der Waals surface area contributed by atoms with Crippen LogP contribution in [-0.2, 0) is 4.74 Å². The van der Waals surface area contributed by atoms with Crippen molar-refractivity contribution < 1.29 is 14.3 Å². The van der Waals surface area contributed by atoms with E-state index in [1.54, 1.807) is 13.2 Å². The molecular weight excluding hydrogens is 304 g/mol. The third-order valence-electron chi connectivity index (χ3n) is 3.44. The van der Waals surface area contributed by atoms with E-state index in [1.165, 1.54) is 24.2 Å². The third-order valence-corrected chi connectivity index (χ3v) is 5.20. The van der Waals surface area contributed by atoms with Crippen LogP contribution in [0, 0.1) is 5.92 Å². The summed E-state index contributed by atoms with van der Waals surface area (Å²) >= 11 is 4.73. The molecule has 0 unspecified atom stereocenters. The van der Waals surface area contributed by atoms with Crippen molar-refractivity contribution in [2.75, 3.05) is 7.11 Å². The predicted octanol–water partition coefficient (Wildman–Crippen LogP) is 3.62. The van der Waals surface area contributed by atoms with Gasteiger partial charge in [0.2, 0.25) is 0 Å². The van der Waals surface area contributed by atoms with Gasteiger partial charge in [-0.3, -0.25) is 0 Å². The Hall–Kier alpha value is -0.550. The maximum atomic E-state index is 12.0. The Bertz CT molecular complexity index is 460. The quantitative estimate of drug-likeness (QED) is 0.796. The molecule has 1 aromatic rings. The highest BCUT2D eigenvalue weighted by Gasteiger charge is 2.57. The second-order valence-electron chi connectivity index (χ2n) is 4.68. The highest BCUT2D eigenvalue weighted by atomic mass is 79.9. The number of halogens is 1. The maximum absolute atomic E-state index is 12.0. The van der Waals surface area contributed by atoms with Crippen molar-refractivity contribution in [3.8, 4) is 5.75 Å². The van der Waals surface area contributed by atoms with E-state index in [9.17, 15) is 4.79 Å². The van der Waals surface area contributed by atoms with Crippen molar-refractivity contribution >= 4 is 33.2 Å². The van der Waals surface area contributed by atoms with Gasteiger partial charge in [0.1, 0.15) is 20.0 Å². The molecule has 0 radical (unpaired) electrons. The maximum Gasteiger partial charge on any atom is 0.349 e. The van der Waals surface area contributed by atoms with E-state index in [0.29, 0.717) is 16.5 Å². The lowest BCUT2D eigenvalue weighted by Gasteiger charge is -2.14. The van der Waals surface area contributed by atoms with Crippen molar-refractivity contribution in [1.82, 2.24) is 0 Å². The first-order valence-corrected chi connectivity index (χ1v) is 7.32. The van der Waals surface area contributed by atoms with Gasteiger partial charge in [-0.2, -0.15) is 0 Å². The minimum absolute atomic E-state index is 0.110. The number of hydrogen-bond acceptors (Lipinski definition) is 4. The Labute approximate surface area is 112 Å². The Morgan fingerprint density at radius 1 is 1.53 bits per heavy atom. The molecular formula is C12H13BrO3S. The lowest BCUT2D eigenvalue weighted by molar-refractivity contribution is 0.0166. The van der Waals surface area contributed by atoms with Gasteiger partial charge in [-0.15, -0.1) is 11.3 Å².